The van der Waals surface area contributed by atoms with Crippen molar-refractivity contribution in [3.63, 3.8) is 0 Å². The van der Waals surface area contributed by atoms with Gasteiger partial charge in [-0.15, -0.1) is 0 Å². The number of carbonyl (C=O) groups is 2. The molecule has 6 heteroatoms. The summed E-state index contributed by atoms with van der Waals surface area (Å²) in [7, 11) is 0. The van der Waals surface area contributed by atoms with Crippen LogP contribution in [0.25, 0.3) is 0 Å². The van der Waals surface area contributed by atoms with E-state index >= 15 is 0 Å². The van der Waals surface area contributed by atoms with E-state index in [1.54, 1.807) is 0 Å². The third-order valence-corrected chi connectivity index (χ3v) is 19.3. The predicted molar refractivity (Wildman–Crippen MR) is 384 cm³/mol. The van der Waals surface area contributed by atoms with Crippen LogP contribution in [0.5, 0.6) is 0 Å². The SMILES string of the molecule is CCCCCCCCCCCCCCCCCCCCCCC(O)C(CO)NC(=O)CCCCCCCCCCCCCCCCC/C=C\CCCCCCCCCCCCCCOC(=O)CCCCCCCCCCCCCCCCCCCCC. The maximum absolute atomic E-state index is 12.6. The van der Waals surface area contributed by atoms with Gasteiger partial charge < -0.3 is 20.3 Å². The van der Waals surface area contributed by atoms with Gasteiger partial charge in [-0.05, 0) is 51.4 Å². The van der Waals surface area contributed by atoms with Crippen LogP contribution in [0.3, 0.4) is 0 Å². The van der Waals surface area contributed by atoms with Crippen LogP contribution in [-0.4, -0.2) is 47.4 Å². The molecule has 0 aromatic rings. The molecule has 0 bridgehead atoms. The number of unbranched alkanes of at least 4 members (excludes halogenated alkanes) is 64. The maximum Gasteiger partial charge on any atom is 0.305 e. The molecular weight excluding hydrogens is 1070 g/mol. The first kappa shape index (κ1) is 85.6. The molecule has 1 amide bonds. The third-order valence-electron chi connectivity index (χ3n) is 19.3. The molecule has 2 unspecified atom stereocenters. The van der Waals surface area contributed by atoms with Crippen LogP contribution in [0, 0.1) is 0 Å². The van der Waals surface area contributed by atoms with E-state index in [1.807, 2.05) is 0 Å². The summed E-state index contributed by atoms with van der Waals surface area (Å²) in [5.74, 6) is -0.00346. The van der Waals surface area contributed by atoms with E-state index in [0.29, 0.717) is 25.9 Å². The highest BCUT2D eigenvalue weighted by Gasteiger charge is 2.20. The fourth-order valence-electron chi connectivity index (χ4n) is 13.2. The van der Waals surface area contributed by atoms with E-state index in [1.165, 1.54) is 398 Å². The van der Waals surface area contributed by atoms with Crippen molar-refractivity contribution in [2.45, 2.75) is 482 Å². The van der Waals surface area contributed by atoms with Crippen molar-refractivity contribution < 1.29 is 24.5 Å². The highest BCUT2D eigenvalue weighted by atomic mass is 16.5. The summed E-state index contributed by atoms with van der Waals surface area (Å²) in [5.41, 5.74) is 0. The second-order valence-corrected chi connectivity index (χ2v) is 28.1. The van der Waals surface area contributed by atoms with Crippen molar-refractivity contribution in [1.82, 2.24) is 5.32 Å². The molecule has 0 saturated carbocycles. The molecule has 0 rings (SSSR count). The highest BCUT2D eigenvalue weighted by Crippen LogP contribution is 2.20. The molecule has 0 heterocycles. The van der Waals surface area contributed by atoms with Gasteiger partial charge in [0, 0.05) is 12.8 Å². The van der Waals surface area contributed by atoms with Crippen LogP contribution in [0.2, 0.25) is 0 Å². The zero-order chi connectivity index (χ0) is 62.8. The number of esters is 1. The average Bonchev–Trinajstić information content (AvgIpc) is 3.53. The smallest absolute Gasteiger partial charge is 0.305 e. The Morgan fingerprint density at radius 3 is 0.816 bits per heavy atom. The summed E-state index contributed by atoms with van der Waals surface area (Å²) in [4.78, 5) is 24.7. The normalized spacial score (nSPS) is 12.5. The fourth-order valence-corrected chi connectivity index (χ4v) is 13.2. The Morgan fingerprint density at radius 1 is 0.310 bits per heavy atom. The second kappa shape index (κ2) is 77.1. The Labute approximate surface area is 546 Å². The van der Waals surface area contributed by atoms with Crippen molar-refractivity contribution in [3.05, 3.63) is 12.2 Å². The molecule has 0 aliphatic heterocycles. The van der Waals surface area contributed by atoms with Gasteiger partial charge in [0.1, 0.15) is 0 Å². The van der Waals surface area contributed by atoms with Crippen LogP contribution >= 0.6 is 0 Å². The van der Waals surface area contributed by atoms with E-state index in [2.05, 4.69) is 31.3 Å². The van der Waals surface area contributed by atoms with Crippen molar-refractivity contribution in [3.8, 4) is 0 Å². The van der Waals surface area contributed by atoms with E-state index in [4.69, 9.17) is 4.74 Å². The van der Waals surface area contributed by atoms with Crippen LogP contribution in [0.1, 0.15) is 470 Å². The number of aliphatic hydroxyl groups excluding tert-OH is 2. The molecule has 6 nitrogen and oxygen atoms in total. The number of allylic oxidation sites excluding steroid dienone is 2. The van der Waals surface area contributed by atoms with Gasteiger partial charge in [0.2, 0.25) is 5.91 Å². The number of nitrogens with one attached hydrogen (secondary N) is 1. The van der Waals surface area contributed by atoms with Crippen LogP contribution in [0.15, 0.2) is 12.2 Å². The minimum Gasteiger partial charge on any atom is -0.466 e. The monoisotopic (exact) mass is 1230 g/mol. The molecule has 0 fully saturated rings. The fraction of sp³-hybridized carbons (Fsp3) is 0.951. The maximum atomic E-state index is 12.6. The first-order chi connectivity index (χ1) is 43.0. The highest BCUT2D eigenvalue weighted by molar-refractivity contribution is 5.76. The molecule has 0 spiro atoms. The predicted octanol–water partition coefficient (Wildman–Crippen LogP) is 26.7. The summed E-state index contributed by atoms with van der Waals surface area (Å²) >= 11 is 0. The zero-order valence-corrected chi connectivity index (χ0v) is 59.5. The van der Waals surface area contributed by atoms with Crippen molar-refractivity contribution >= 4 is 11.9 Å². The minimum absolute atomic E-state index is 0.0239. The summed E-state index contributed by atoms with van der Waals surface area (Å²) in [6.45, 7) is 5.02. The molecule has 518 valence electrons. The number of ether oxygens (including phenoxy) is 1. The van der Waals surface area contributed by atoms with Crippen LogP contribution < -0.4 is 5.32 Å². The lowest BCUT2D eigenvalue weighted by atomic mass is 10.0. The first-order valence-electron chi connectivity index (χ1n) is 40.4. The average molecular weight is 1230 g/mol. The number of amides is 1. The van der Waals surface area contributed by atoms with E-state index in [9.17, 15) is 19.8 Å². The molecule has 3 N–H and O–H groups in total. The molecule has 0 aliphatic rings. The number of rotatable bonds is 77. The Bertz CT molecular complexity index is 1320. The number of hydrogen-bond donors (Lipinski definition) is 3. The largest absolute Gasteiger partial charge is 0.466 e. The Balaban J connectivity index is 3.34. The van der Waals surface area contributed by atoms with Crippen molar-refractivity contribution in [1.29, 1.82) is 0 Å². The number of hydrogen-bond acceptors (Lipinski definition) is 5. The van der Waals surface area contributed by atoms with Crippen LogP contribution in [-0.2, 0) is 14.3 Å². The lowest BCUT2D eigenvalue weighted by molar-refractivity contribution is -0.143. The quantitative estimate of drug-likeness (QED) is 0.0320. The standard InChI is InChI=1S/C81H159NO5/c1-3-5-7-9-11-13-15-17-19-21-23-38-41-45-49-53-57-61-65-69-73-79(84)78(77-83)82-80(85)74-70-66-62-58-54-50-46-42-39-35-33-31-29-27-25-24-26-28-30-32-34-36-40-44-48-52-56-60-64-68-72-76-87-81(86)75-71-67-63-59-55-51-47-43-37-22-20-18-16-14-12-10-8-6-4-2/h26,28,78-79,83-84H,3-25,27,29-77H2,1-2H3,(H,82,85)/b28-26-. The third kappa shape index (κ3) is 73.5. The molecule has 0 aromatic carbocycles. The van der Waals surface area contributed by atoms with Gasteiger partial charge in [-0.25, -0.2) is 0 Å². The molecule has 0 saturated heterocycles. The van der Waals surface area contributed by atoms with Crippen molar-refractivity contribution in [2.75, 3.05) is 13.2 Å². The van der Waals surface area contributed by atoms with Gasteiger partial charge in [-0.1, -0.05) is 418 Å². The Kier molecular flexibility index (Phi) is 75.8. The van der Waals surface area contributed by atoms with Crippen LogP contribution in [0.4, 0.5) is 0 Å². The zero-order valence-electron chi connectivity index (χ0n) is 59.5. The molecule has 0 aliphatic carbocycles. The lowest BCUT2D eigenvalue weighted by Gasteiger charge is -2.22. The Morgan fingerprint density at radius 2 is 0.540 bits per heavy atom. The van der Waals surface area contributed by atoms with Gasteiger partial charge in [0.05, 0.1) is 25.4 Å². The van der Waals surface area contributed by atoms with E-state index < -0.39 is 12.1 Å². The van der Waals surface area contributed by atoms with E-state index in [-0.39, 0.29) is 18.5 Å². The van der Waals surface area contributed by atoms with Gasteiger partial charge >= 0.3 is 5.97 Å². The summed E-state index contributed by atoms with van der Waals surface area (Å²) < 4.78 is 5.52. The van der Waals surface area contributed by atoms with Gasteiger partial charge in [0.15, 0.2) is 0 Å². The van der Waals surface area contributed by atoms with Gasteiger partial charge in [0.25, 0.3) is 0 Å². The topological polar surface area (TPSA) is 95.9 Å². The Hall–Kier alpha value is -1.40. The first-order valence-corrected chi connectivity index (χ1v) is 40.4. The van der Waals surface area contributed by atoms with Crippen molar-refractivity contribution in [2.24, 2.45) is 0 Å². The summed E-state index contributed by atoms with van der Waals surface area (Å²) in [6.07, 6.45) is 97.4. The minimum atomic E-state index is -0.663. The molecule has 0 radical (unpaired) electrons. The number of aliphatic hydroxyl groups is 2. The van der Waals surface area contributed by atoms with Gasteiger partial charge in [-0.3, -0.25) is 9.59 Å². The molecule has 87 heavy (non-hydrogen) atoms. The summed E-state index contributed by atoms with van der Waals surface area (Å²) in [6, 6.07) is -0.540. The lowest BCUT2D eigenvalue weighted by Crippen LogP contribution is -2.45. The second-order valence-electron chi connectivity index (χ2n) is 28.1. The molecule has 2 atom stereocenters. The number of carbonyl (C=O) groups excluding carboxylic acids is 2. The molecule has 0 aromatic heterocycles. The summed E-state index contributed by atoms with van der Waals surface area (Å²) in [5, 5.41) is 23.4. The van der Waals surface area contributed by atoms with Gasteiger partial charge in [-0.2, -0.15) is 0 Å². The van der Waals surface area contributed by atoms with E-state index in [0.717, 1.165) is 38.5 Å². The molecular formula is C81H159NO5.